The lowest BCUT2D eigenvalue weighted by atomic mass is 9.68. The molecule has 1 aromatic heterocycles. The fourth-order valence-electron chi connectivity index (χ4n) is 8.21. The number of fused-ring (bicyclic) bond motifs is 3. The van der Waals surface area contributed by atoms with Crippen LogP contribution in [0.1, 0.15) is 62.8 Å². The number of hydrogen-bond donors (Lipinski definition) is 0. The summed E-state index contributed by atoms with van der Waals surface area (Å²) in [5, 5.41) is 22.0. The first kappa shape index (κ1) is 33.9. The molecule has 0 N–H and O–H groups in total. The molecule has 4 aromatic carbocycles. The summed E-state index contributed by atoms with van der Waals surface area (Å²) in [5.74, 6) is 1.94. The molecular weight excluding hydrogens is 653 g/mol. The van der Waals surface area contributed by atoms with Gasteiger partial charge in [-0.3, -0.25) is 0 Å². The predicted molar refractivity (Wildman–Crippen MR) is 215 cm³/mol. The van der Waals surface area contributed by atoms with Crippen LogP contribution in [0.25, 0.3) is 39.6 Å². The molecule has 0 fully saturated rings. The number of ether oxygens (including phenoxy) is 2. The second-order valence-corrected chi connectivity index (χ2v) is 15.4. The van der Waals surface area contributed by atoms with Crippen molar-refractivity contribution in [3.63, 3.8) is 0 Å². The van der Waals surface area contributed by atoms with Crippen LogP contribution in [0.5, 0.6) is 5.75 Å². The number of para-hydroxylation sites is 2. The van der Waals surface area contributed by atoms with Crippen molar-refractivity contribution in [2.24, 2.45) is 0 Å². The minimum Gasteiger partial charge on any atom is -0.496 e. The minimum atomic E-state index is -0.0451. The third-order valence-corrected chi connectivity index (χ3v) is 11.2. The molecule has 53 heavy (non-hydrogen) atoms. The Labute approximate surface area is 311 Å². The fraction of sp³-hybridized carbons (Fsp3) is 0.234. The highest BCUT2D eigenvalue weighted by Crippen LogP contribution is 2.53. The monoisotopic (exact) mass is 694 g/mol. The highest BCUT2D eigenvalue weighted by atomic mass is 16.5. The molecule has 3 aliphatic rings. The van der Waals surface area contributed by atoms with Crippen LogP contribution >= 0.6 is 0 Å². The van der Waals surface area contributed by atoms with E-state index < -0.39 is 0 Å². The number of nitrogens with zero attached hydrogens (tertiary/aromatic N) is 4. The van der Waals surface area contributed by atoms with Crippen molar-refractivity contribution in [2.45, 2.75) is 51.4 Å². The average Bonchev–Trinajstić information content (AvgIpc) is 3.50. The summed E-state index contributed by atoms with van der Waals surface area (Å²) < 4.78 is 14.8. The SMILES string of the molecule is COc1c(/C=C/C2=CC(=C(C#N)C#N)C=C(/C=C/c3ccc(-n4c5ccccc5c5ccccc54)cc3)O2)cc2c3c1C(C)(C)CCN3CCC2(C)C. The number of methoxy groups -OCH3 is 1. The van der Waals surface area contributed by atoms with E-state index in [1.807, 2.05) is 36.4 Å². The number of rotatable bonds is 6. The number of nitriles is 2. The van der Waals surface area contributed by atoms with Gasteiger partial charge in [-0.2, -0.15) is 10.5 Å². The minimum absolute atomic E-state index is 0.0240. The Morgan fingerprint density at radius 3 is 1.94 bits per heavy atom. The summed E-state index contributed by atoms with van der Waals surface area (Å²) in [6.45, 7) is 11.4. The third kappa shape index (κ3) is 5.91. The van der Waals surface area contributed by atoms with E-state index in [9.17, 15) is 10.5 Å². The van der Waals surface area contributed by atoms with E-state index in [1.165, 1.54) is 27.6 Å². The van der Waals surface area contributed by atoms with Crippen molar-refractivity contribution in [3.05, 3.63) is 148 Å². The molecule has 0 bridgehead atoms. The molecule has 6 heteroatoms. The van der Waals surface area contributed by atoms with Crippen molar-refractivity contribution in [1.29, 1.82) is 10.5 Å². The zero-order chi connectivity index (χ0) is 36.9. The first-order valence-corrected chi connectivity index (χ1v) is 18.2. The van der Waals surface area contributed by atoms with E-state index in [-0.39, 0.29) is 16.4 Å². The van der Waals surface area contributed by atoms with E-state index in [1.54, 1.807) is 19.3 Å². The van der Waals surface area contributed by atoms with Crippen LogP contribution in [0, 0.1) is 22.7 Å². The van der Waals surface area contributed by atoms with E-state index in [2.05, 4.69) is 116 Å². The largest absolute Gasteiger partial charge is 0.496 e. The molecular formula is C47H42N4O2. The first-order chi connectivity index (χ1) is 25.6. The Kier molecular flexibility index (Phi) is 8.35. The van der Waals surface area contributed by atoms with Crippen LogP contribution in [0.15, 0.2) is 126 Å². The molecule has 3 aliphatic heterocycles. The van der Waals surface area contributed by atoms with Crippen molar-refractivity contribution < 1.29 is 9.47 Å². The van der Waals surface area contributed by atoms with Crippen LogP contribution in [0.4, 0.5) is 5.69 Å². The summed E-state index contributed by atoms with van der Waals surface area (Å²) in [5.41, 5.74) is 9.83. The highest BCUT2D eigenvalue weighted by Gasteiger charge is 2.42. The Bertz CT molecular complexity index is 2470. The lowest BCUT2D eigenvalue weighted by molar-refractivity contribution is 0.332. The van der Waals surface area contributed by atoms with Crippen LogP contribution in [-0.2, 0) is 15.6 Å². The highest BCUT2D eigenvalue weighted by molar-refractivity contribution is 6.09. The van der Waals surface area contributed by atoms with Gasteiger partial charge in [-0.1, -0.05) is 82.3 Å². The van der Waals surface area contributed by atoms with Gasteiger partial charge in [0.2, 0.25) is 0 Å². The Balaban J connectivity index is 1.11. The summed E-state index contributed by atoms with van der Waals surface area (Å²) in [6.07, 6.45) is 13.5. The van der Waals surface area contributed by atoms with Gasteiger partial charge in [0.1, 0.15) is 35.0 Å². The lowest BCUT2D eigenvalue weighted by Crippen LogP contribution is -2.45. The molecule has 8 rings (SSSR count). The van der Waals surface area contributed by atoms with Gasteiger partial charge < -0.3 is 18.9 Å². The maximum absolute atomic E-state index is 9.78. The van der Waals surface area contributed by atoms with E-state index in [0.717, 1.165) is 59.5 Å². The van der Waals surface area contributed by atoms with Gasteiger partial charge in [0, 0.05) is 51.9 Å². The average molecular weight is 695 g/mol. The maximum atomic E-state index is 9.78. The molecule has 0 atom stereocenters. The normalized spacial score (nSPS) is 17.3. The van der Waals surface area contributed by atoms with E-state index >= 15 is 0 Å². The van der Waals surface area contributed by atoms with Crippen molar-refractivity contribution >= 4 is 39.6 Å². The molecule has 0 amide bonds. The summed E-state index contributed by atoms with van der Waals surface area (Å²) in [6, 6.07) is 31.8. The van der Waals surface area contributed by atoms with Crippen molar-refractivity contribution in [1.82, 2.24) is 4.57 Å². The molecule has 6 nitrogen and oxygen atoms in total. The molecule has 262 valence electrons. The summed E-state index contributed by atoms with van der Waals surface area (Å²) >= 11 is 0. The zero-order valence-corrected chi connectivity index (χ0v) is 30.9. The van der Waals surface area contributed by atoms with Gasteiger partial charge in [0.05, 0.1) is 18.1 Å². The Morgan fingerprint density at radius 2 is 1.34 bits per heavy atom. The van der Waals surface area contributed by atoms with Crippen LogP contribution in [0.2, 0.25) is 0 Å². The third-order valence-electron chi connectivity index (χ3n) is 11.2. The maximum Gasteiger partial charge on any atom is 0.137 e. The summed E-state index contributed by atoms with van der Waals surface area (Å²) in [4.78, 5) is 2.54. The second-order valence-electron chi connectivity index (χ2n) is 15.4. The van der Waals surface area contributed by atoms with Gasteiger partial charge >= 0.3 is 0 Å². The van der Waals surface area contributed by atoms with Gasteiger partial charge in [0.25, 0.3) is 0 Å². The van der Waals surface area contributed by atoms with Gasteiger partial charge in [-0.25, -0.2) is 0 Å². The molecule has 0 unspecified atom stereocenters. The van der Waals surface area contributed by atoms with Gasteiger partial charge in [-0.05, 0) is 95.5 Å². The lowest BCUT2D eigenvalue weighted by Gasteiger charge is -2.48. The van der Waals surface area contributed by atoms with Gasteiger partial charge in [0.15, 0.2) is 0 Å². The fourth-order valence-corrected chi connectivity index (χ4v) is 8.21. The van der Waals surface area contributed by atoms with Crippen LogP contribution in [-0.4, -0.2) is 24.8 Å². The van der Waals surface area contributed by atoms with E-state index in [0.29, 0.717) is 17.1 Å². The number of allylic oxidation sites excluding steroid dienone is 6. The smallest absolute Gasteiger partial charge is 0.137 e. The summed E-state index contributed by atoms with van der Waals surface area (Å²) in [7, 11) is 1.75. The standard InChI is InChI=1S/C47H42N4O2/c1-46(2)22-24-50-25-23-47(3,4)43-44(50)40(46)28-32(45(43)52-5)17-21-37-27-33(34(29-48)30-49)26-36(53-37)20-16-31-14-18-35(19-15-31)51-41-12-8-6-10-38(41)39-11-7-9-13-42(39)51/h6-21,26-28H,22-25H2,1-5H3/b20-16+,21-17+. The molecule has 4 heterocycles. The van der Waals surface area contributed by atoms with Crippen LogP contribution < -0.4 is 9.64 Å². The molecule has 0 saturated carbocycles. The molecule has 0 saturated heterocycles. The van der Waals surface area contributed by atoms with Crippen molar-refractivity contribution in [3.8, 4) is 23.6 Å². The number of hydrogen-bond acceptors (Lipinski definition) is 5. The topological polar surface area (TPSA) is 74.2 Å². The molecule has 0 radical (unpaired) electrons. The number of aromatic nitrogens is 1. The first-order valence-electron chi connectivity index (χ1n) is 18.2. The zero-order valence-electron chi connectivity index (χ0n) is 30.9. The number of anilines is 1. The molecule has 0 aliphatic carbocycles. The Hall–Kier alpha value is -6.24. The molecule has 0 spiro atoms. The molecule has 5 aromatic rings. The van der Waals surface area contributed by atoms with Gasteiger partial charge in [-0.15, -0.1) is 0 Å². The van der Waals surface area contributed by atoms with Crippen LogP contribution in [0.3, 0.4) is 0 Å². The van der Waals surface area contributed by atoms with E-state index in [4.69, 9.17) is 9.47 Å². The Morgan fingerprint density at radius 1 is 0.755 bits per heavy atom. The second kappa shape index (κ2) is 13.1. The predicted octanol–water partition coefficient (Wildman–Crippen LogP) is 10.8. The van der Waals surface area contributed by atoms with Crippen molar-refractivity contribution in [2.75, 3.05) is 25.1 Å². The quantitative estimate of drug-likeness (QED) is 0.165. The number of benzene rings is 4.